The van der Waals surface area contributed by atoms with E-state index >= 15 is 0 Å². The Kier molecular flexibility index (Phi) is 3.94. The van der Waals surface area contributed by atoms with Crippen LogP contribution in [0.1, 0.15) is 49.0 Å². The Bertz CT molecular complexity index is 1070. The smallest absolute Gasteiger partial charge is 0.244 e. The van der Waals surface area contributed by atoms with Gasteiger partial charge < -0.3 is 0 Å². The zero-order valence-electron chi connectivity index (χ0n) is 14.8. The lowest BCUT2D eigenvalue weighted by Crippen LogP contribution is -2.38. The summed E-state index contributed by atoms with van der Waals surface area (Å²) in [5.74, 6) is 1.56. The predicted molar refractivity (Wildman–Crippen MR) is 97.7 cm³/mol. The van der Waals surface area contributed by atoms with Crippen LogP contribution in [0.2, 0.25) is 0 Å². The molecule has 1 saturated heterocycles. The number of aromatic nitrogens is 5. The van der Waals surface area contributed by atoms with Crippen molar-refractivity contribution in [3.8, 4) is 0 Å². The predicted octanol–water partition coefficient (Wildman–Crippen LogP) is 1.97. The van der Waals surface area contributed by atoms with Crippen LogP contribution in [0.15, 0.2) is 41.6 Å². The van der Waals surface area contributed by atoms with E-state index in [0.29, 0.717) is 31.8 Å². The van der Waals surface area contributed by atoms with Crippen LogP contribution < -0.4 is 0 Å². The van der Waals surface area contributed by atoms with Gasteiger partial charge in [0.1, 0.15) is 4.90 Å². The molecule has 1 aliphatic heterocycles. The lowest BCUT2D eigenvalue weighted by molar-refractivity contribution is 0.311. The van der Waals surface area contributed by atoms with Crippen molar-refractivity contribution < 1.29 is 8.42 Å². The zero-order valence-corrected chi connectivity index (χ0v) is 15.6. The van der Waals surface area contributed by atoms with Crippen molar-refractivity contribution in [1.82, 2.24) is 29.1 Å². The molecule has 0 unspecified atom stereocenters. The van der Waals surface area contributed by atoms with E-state index in [4.69, 9.17) is 5.10 Å². The Morgan fingerprint density at radius 1 is 0.963 bits per heavy atom. The molecule has 0 N–H and O–H groups in total. The summed E-state index contributed by atoms with van der Waals surface area (Å²) >= 11 is 0. The molecule has 0 bridgehead atoms. The molecule has 8 nitrogen and oxygen atoms in total. The van der Waals surface area contributed by atoms with E-state index in [1.165, 1.54) is 23.3 Å². The molecule has 140 valence electrons. The van der Waals surface area contributed by atoms with Crippen molar-refractivity contribution >= 4 is 15.7 Å². The zero-order chi connectivity index (χ0) is 18.4. The molecular formula is C18H20N6O2S. The Balaban J connectivity index is 1.36. The Morgan fingerprint density at radius 2 is 1.78 bits per heavy atom. The lowest BCUT2D eigenvalue weighted by atomic mass is 9.97. The van der Waals surface area contributed by atoms with Gasteiger partial charge in [0.25, 0.3) is 0 Å². The SMILES string of the molecule is O=S(=O)(c1cccnc1)N1CCC(c2nnc3ccc(C4CC4)nn23)CC1. The maximum atomic E-state index is 12.8. The van der Waals surface area contributed by atoms with Crippen molar-refractivity contribution in [2.45, 2.75) is 42.4 Å². The molecular weight excluding hydrogens is 364 g/mol. The minimum Gasteiger partial charge on any atom is -0.263 e. The summed E-state index contributed by atoms with van der Waals surface area (Å²) in [5.41, 5.74) is 1.85. The van der Waals surface area contributed by atoms with Gasteiger partial charge in [-0.2, -0.15) is 13.9 Å². The number of hydrogen-bond donors (Lipinski definition) is 0. The quantitative estimate of drug-likeness (QED) is 0.683. The van der Waals surface area contributed by atoms with Gasteiger partial charge in [0.2, 0.25) is 10.0 Å². The fourth-order valence-electron chi connectivity index (χ4n) is 3.67. The normalized spacial score (nSPS) is 19.6. The highest BCUT2D eigenvalue weighted by molar-refractivity contribution is 7.89. The van der Waals surface area contributed by atoms with E-state index in [1.54, 1.807) is 18.3 Å². The third kappa shape index (κ3) is 3.00. The molecule has 9 heteroatoms. The molecule has 1 saturated carbocycles. The van der Waals surface area contributed by atoms with Gasteiger partial charge in [-0.05, 0) is 49.9 Å². The topological polar surface area (TPSA) is 93.4 Å². The summed E-state index contributed by atoms with van der Waals surface area (Å²) < 4.78 is 28.9. The van der Waals surface area contributed by atoms with Gasteiger partial charge >= 0.3 is 0 Å². The molecule has 1 aliphatic carbocycles. The van der Waals surface area contributed by atoms with Gasteiger partial charge in [-0.25, -0.2) is 8.42 Å². The molecule has 4 heterocycles. The number of sulfonamides is 1. The van der Waals surface area contributed by atoms with Crippen molar-refractivity contribution in [3.63, 3.8) is 0 Å². The summed E-state index contributed by atoms with van der Waals surface area (Å²) in [6.07, 6.45) is 6.77. The first-order valence-corrected chi connectivity index (χ1v) is 10.7. The van der Waals surface area contributed by atoms with Crippen LogP contribution in [0.4, 0.5) is 0 Å². The second-order valence-corrected chi connectivity index (χ2v) is 9.17. The summed E-state index contributed by atoms with van der Waals surface area (Å²) in [5, 5.41) is 13.3. The van der Waals surface area contributed by atoms with E-state index in [-0.39, 0.29) is 10.8 Å². The fourth-order valence-corrected chi connectivity index (χ4v) is 5.11. The number of nitrogens with zero attached hydrogens (tertiary/aromatic N) is 6. The van der Waals surface area contributed by atoms with Crippen LogP contribution in [0.5, 0.6) is 0 Å². The van der Waals surface area contributed by atoms with E-state index in [2.05, 4.69) is 15.2 Å². The molecule has 0 amide bonds. The highest BCUT2D eigenvalue weighted by atomic mass is 32.2. The van der Waals surface area contributed by atoms with Crippen LogP contribution in [0.3, 0.4) is 0 Å². The summed E-state index contributed by atoms with van der Waals surface area (Å²) in [7, 11) is -3.49. The third-order valence-corrected chi connectivity index (χ3v) is 7.28. The molecule has 3 aromatic heterocycles. The molecule has 2 aliphatic rings. The minimum absolute atomic E-state index is 0.155. The van der Waals surface area contributed by atoms with Crippen molar-refractivity contribution in [1.29, 1.82) is 0 Å². The van der Waals surface area contributed by atoms with Crippen LogP contribution in [-0.2, 0) is 10.0 Å². The minimum atomic E-state index is -3.49. The Hall–Kier alpha value is -2.39. The number of pyridine rings is 1. The largest absolute Gasteiger partial charge is 0.263 e. The first kappa shape index (κ1) is 16.8. The molecule has 0 radical (unpaired) electrons. The van der Waals surface area contributed by atoms with Crippen molar-refractivity contribution in [3.05, 3.63) is 48.2 Å². The summed E-state index contributed by atoms with van der Waals surface area (Å²) in [6.45, 7) is 0.915. The van der Waals surface area contributed by atoms with E-state index in [9.17, 15) is 8.42 Å². The lowest BCUT2D eigenvalue weighted by Gasteiger charge is -2.30. The molecule has 27 heavy (non-hydrogen) atoms. The molecule has 2 fully saturated rings. The standard InChI is InChI=1S/C18H20N6O2S/c25-27(26,15-2-1-9-19-12-15)23-10-7-14(8-11-23)18-21-20-17-6-5-16(13-3-4-13)22-24(17)18/h1-2,5-6,9,12-14H,3-4,7-8,10-11H2. The first-order chi connectivity index (χ1) is 13.1. The van der Waals surface area contributed by atoms with Gasteiger partial charge in [-0.1, -0.05) is 0 Å². The van der Waals surface area contributed by atoms with E-state index in [0.717, 1.165) is 17.2 Å². The summed E-state index contributed by atoms with van der Waals surface area (Å²) in [4.78, 5) is 4.17. The van der Waals surface area contributed by atoms with Gasteiger partial charge in [0.05, 0.1) is 5.69 Å². The van der Waals surface area contributed by atoms with Gasteiger partial charge in [-0.3, -0.25) is 4.98 Å². The van der Waals surface area contributed by atoms with E-state index < -0.39 is 10.0 Å². The van der Waals surface area contributed by atoms with Gasteiger partial charge in [0.15, 0.2) is 11.5 Å². The monoisotopic (exact) mass is 384 g/mol. The molecule has 5 rings (SSSR count). The third-order valence-electron chi connectivity index (χ3n) is 5.39. The Labute approximate surface area is 157 Å². The second-order valence-electron chi connectivity index (χ2n) is 7.23. The maximum absolute atomic E-state index is 12.8. The maximum Gasteiger partial charge on any atom is 0.244 e. The van der Waals surface area contributed by atoms with Crippen LogP contribution in [-0.4, -0.2) is 50.6 Å². The molecule has 0 spiro atoms. The van der Waals surface area contributed by atoms with Crippen molar-refractivity contribution in [2.75, 3.05) is 13.1 Å². The fraction of sp³-hybridized carbons (Fsp3) is 0.444. The van der Waals surface area contributed by atoms with E-state index in [1.807, 2.05) is 16.6 Å². The first-order valence-electron chi connectivity index (χ1n) is 9.25. The molecule has 0 aromatic carbocycles. The molecule has 3 aromatic rings. The summed E-state index contributed by atoms with van der Waals surface area (Å²) in [6, 6.07) is 7.24. The highest BCUT2D eigenvalue weighted by Crippen LogP contribution is 2.39. The average molecular weight is 384 g/mol. The van der Waals surface area contributed by atoms with Crippen molar-refractivity contribution in [2.24, 2.45) is 0 Å². The number of hydrogen-bond acceptors (Lipinski definition) is 6. The number of rotatable bonds is 4. The van der Waals surface area contributed by atoms with Crippen LogP contribution in [0, 0.1) is 0 Å². The number of piperidine rings is 1. The van der Waals surface area contributed by atoms with Gasteiger partial charge in [0, 0.05) is 37.3 Å². The second kappa shape index (κ2) is 6.35. The van der Waals surface area contributed by atoms with Gasteiger partial charge in [-0.15, -0.1) is 10.2 Å². The Morgan fingerprint density at radius 3 is 2.48 bits per heavy atom. The highest BCUT2D eigenvalue weighted by Gasteiger charge is 2.32. The van der Waals surface area contributed by atoms with Crippen LogP contribution >= 0.6 is 0 Å². The number of fused-ring (bicyclic) bond motifs is 1. The van der Waals surface area contributed by atoms with Crippen LogP contribution in [0.25, 0.3) is 5.65 Å². The average Bonchev–Trinajstić information content (AvgIpc) is 3.48. The molecule has 0 atom stereocenters.